The van der Waals surface area contributed by atoms with Crippen molar-refractivity contribution in [1.82, 2.24) is 10.6 Å². The summed E-state index contributed by atoms with van der Waals surface area (Å²) in [6, 6.07) is 7.43. The van der Waals surface area contributed by atoms with Crippen molar-refractivity contribution in [3.05, 3.63) is 35.4 Å². The summed E-state index contributed by atoms with van der Waals surface area (Å²) in [6.45, 7) is 2.77. The van der Waals surface area contributed by atoms with E-state index in [1.54, 1.807) is 0 Å². The van der Waals surface area contributed by atoms with Gasteiger partial charge < -0.3 is 20.5 Å². The first-order chi connectivity index (χ1) is 10.1. The molecule has 2 amide bonds. The molecule has 114 valence electrons. The minimum absolute atomic E-state index is 0.000943. The number of rotatable bonds is 5. The normalized spacial score (nSPS) is 21.0. The summed E-state index contributed by atoms with van der Waals surface area (Å²) in [6.07, 6.45) is 1.25. The van der Waals surface area contributed by atoms with Crippen LogP contribution in [-0.4, -0.2) is 35.9 Å². The van der Waals surface area contributed by atoms with Crippen molar-refractivity contribution in [3.63, 3.8) is 0 Å². The molecule has 0 spiro atoms. The first kappa shape index (κ1) is 15.3. The first-order valence-electron chi connectivity index (χ1n) is 7.01. The summed E-state index contributed by atoms with van der Waals surface area (Å²) in [7, 11) is 0. The monoisotopic (exact) mass is 292 g/mol. The lowest BCUT2D eigenvalue weighted by Crippen LogP contribution is -2.57. The second-order valence-electron chi connectivity index (χ2n) is 5.17. The predicted octanol–water partition coefficient (Wildman–Crippen LogP) is 1.29. The molecule has 1 atom stereocenters. The highest BCUT2D eigenvalue weighted by molar-refractivity contribution is 5.86. The Bertz CT molecular complexity index is 507. The molecule has 6 nitrogen and oxygen atoms in total. The fourth-order valence-electron chi connectivity index (χ4n) is 2.22. The van der Waals surface area contributed by atoms with Crippen molar-refractivity contribution in [2.45, 2.75) is 31.8 Å². The molecule has 0 radical (unpaired) electrons. The first-order valence-corrected chi connectivity index (χ1v) is 7.01. The van der Waals surface area contributed by atoms with Crippen LogP contribution in [-0.2, 0) is 22.5 Å². The molecule has 6 heteroatoms. The van der Waals surface area contributed by atoms with Crippen LogP contribution < -0.4 is 10.6 Å². The van der Waals surface area contributed by atoms with E-state index in [1.807, 2.05) is 24.3 Å². The summed E-state index contributed by atoms with van der Waals surface area (Å²) in [5, 5.41) is 14.4. The Labute approximate surface area is 123 Å². The summed E-state index contributed by atoms with van der Waals surface area (Å²) in [4.78, 5) is 23.1. The van der Waals surface area contributed by atoms with Gasteiger partial charge in [-0.05, 0) is 17.5 Å². The van der Waals surface area contributed by atoms with Crippen molar-refractivity contribution in [1.29, 1.82) is 0 Å². The molecule has 3 N–H and O–H groups in total. The van der Waals surface area contributed by atoms with Crippen LogP contribution in [0.3, 0.4) is 0 Å². The Morgan fingerprint density at radius 1 is 1.29 bits per heavy atom. The number of benzene rings is 1. The largest absolute Gasteiger partial charge is 0.479 e. The van der Waals surface area contributed by atoms with E-state index in [-0.39, 0.29) is 13.0 Å². The van der Waals surface area contributed by atoms with Crippen molar-refractivity contribution in [2.75, 3.05) is 13.2 Å². The highest BCUT2D eigenvalue weighted by Gasteiger charge is 2.43. The van der Waals surface area contributed by atoms with Gasteiger partial charge in [-0.25, -0.2) is 9.59 Å². The third-order valence-corrected chi connectivity index (χ3v) is 3.67. The van der Waals surface area contributed by atoms with Gasteiger partial charge in [-0.15, -0.1) is 0 Å². The summed E-state index contributed by atoms with van der Waals surface area (Å²) in [5.41, 5.74) is 0.890. The van der Waals surface area contributed by atoms with Gasteiger partial charge in [0.05, 0.1) is 6.61 Å². The molecule has 21 heavy (non-hydrogen) atoms. The van der Waals surface area contributed by atoms with Gasteiger partial charge in [-0.1, -0.05) is 31.2 Å². The Morgan fingerprint density at radius 2 is 1.95 bits per heavy atom. The molecule has 0 saturated carbocycles. The number of carboxylic acids is 1. The van der Waals surface area contributed by atoms with E-state index in [1.165, 1.54) is 5.56 Å². The number of ether oxygens (including phenoxy) is 1. The minimum atomic E-state index is -1.31. The predicted molar refractivity (Wildman–Crippen MR) is 77.0 cm³/mol. The second-order valence-corrected chi connectivity index (χ2v) is 5.17. The number of amides is 2. The fraction of sp³-hybridized carbons (Fsp3) is 0.467. The van der Waals surface area contributed by atoms with Crippen LogP contribution in [0.25, 0.3) is 0 Å². The number of carbonyl (C=O) groups excluding carboxylic acids is 1. The number of nitrogens with one attached hydrogen (secondary N) is 2. The number of carboxylic acid groups (broad SMARTS) is 1. The molecule has 0 aromatic heterocycles. The lowest BCUT2D eigenvalue weighted by Gasteiger charge is -2.23. The van der Waals surface area contributed by atoms with Gasteiger partial charge in [-0.2, -0.15) is 0 Å². The van der Waals surface area contributed by atoms with E-state index in [2.05, 4.69) is 17.6 Å². The van der Waals surface area contributed by atoms with Crippen molar-refractivity contribution < 1.29 is 19.4 Å². The van der Waals surface area contributed by atoms with Crippen molar-refractivity contribution in [3.8, 4) is 0 Å². The van der Waals surface area contributed by atoms with Gasteiger partial charge in [0.2, 0.25) is 0 Å². The van der Waals surface area contributed by atoms with Crippen LogP contribution in [0.2, 0.25) is 0 Å². The second kappa shape index (κ2) is 6.58. The van der Waals surface area contributed by atoms with Crippen molar-refractivity contribution in [2.24, 2.45) is 0 Å². The number of hydrogen-bond donors (Lipinski definition) is 3. The van der Waals surface area contributed by atoms with E-state index in [0.29, 0.717) is 13.2 Å². The van der Waals surface area contributed by atoms with Crippen LogP contribution in [0.1, 0.15) is 24.5 Å². The van der Waals surface area contributed by atoms with Gasteiger partial charge >= 0.3 is 12.0 Å². The average molecular weight is 292 g/mol. The quantitative estimate of drug-likeness (QED) is 0.763. The number of urea groups is 1. The molecule has 0 bridgehead atoms. The lowest BCUT2D eigenvalue weighted by atomic mass is 9.99. The zero-order valence-corrected chi connectivity index (χ0v) is 12.0. The van der Waals surface area contributed by atoms with Gasteiger partial charge in [0.15, 0.2) is 5.54 Å². The highest BCUT2D eigenvalue weighted by atomic mass is 16.5. The molecular formula is C15H20N2O4. The molecule has 1 aromatic rings. The van der Waals surface area contributed by atoms with E-state index < -0.39 is 17.5 Å². The smallest absolute Gasteiger partial charge is 0.332 e. The Hall–Kier alpha value is -2.08. The highest BCUT2D eigenvalue weighted by Crippen LogP contribution is 2.18. The molecule has 1 heterocycles. The maximum Gasteiger partial charge on any atom is 0.332 e. The number of hydrogen-bond acceptors (Lipinski definition) is 3. The lowest BCUT2D eigenvalue weighted by molar-refractivity contribution is -0.144. The number of carbonyl (C=O) groups is 2. The third kappa shape index (κ3) is 3.72. The minimum Gasteiger partial charge on any atom is -0.479 e. The maximum absolute atomic E-state index is 11.9. The molecule has 0 aliphatic carbocycles. The Kier molecular flexibility index (Phi) is 4.80. The molecule has 1 aliphatic rings. The molecule has 1 aromatic carbocycles. The standard InChI is InChI=1S/C15H20N2O4/c1-2-11-3-5-12(6-4-11)9-16-14(20)17-15(13(18)19)7-8-21-10-15/h3-6H,2,7-10H2,1H3,(H,18,19)(H2,16,17,20). The number of aryl methyl sites for hydroxylation is 1. The molecule has 1 unspecified atom stereocenters. The SMILES string of the molecule is CCc1ccc(CNC(=O)NC2(C(=O)O)CCOC2)cc1. The Balaban J connectivity index is 1.87. The van der Waals surface area contributed by atoms with Crippen molar-refractivity contribution >= 4 is 12.0 Å². The molecule has 1 aliphatic heterocycles. The van der Waals surface area contributed by atoms with E-state index >= 15 is 0 Å². The zero-order chi connectivity index (χ0) is 15.3. The maximum atomic E-state index is 11.9. The molecule has 1 saturated heterocycles. The summed E-state index contributed by atoms with van der Waals surface area (Å²) in [5.74, 6) is -1.07. The van der Waals surface area contributed by atoms with Crippen LogP contribution in [0.5, 0.6) is 0 Å². The molecular weight excluding hydrogens is 272 g/mol. The van der Waals surface area contributed by atoms with E-state index in [0.717, 1.165) is 12.0 Å². The fourth-order valence-corrected chi connectivity index (χ4v) is 2.22. The zero-order valence-electron chi connectivity index (χ0n) is 12.0. The van der Waals surface area contributed by atoms with Crippen LogP contribution in [0.4, 0.5) is 4.79 Å². The van der Waals surface area contributed by atoms with Gasteiger partial charge in [-0.3, -0.25) is 0 Å². The molecule has 1 fully saturated rings. The third-order valence-electron chi connectivity index (χ3n) is 3.67. The summed E-state index contributed by atoms with van der Waals surface area (Å²) >= 11 is 0. The van der Waals surface area contributed by atoms with Gasteiger partial charge in [0, 0.05) is 19.6 Å². The Morgan fingerprint density at radius 3 is 2.48 bits per heavy atom. The molecule has 2 rings (SSSR count). The van der Waals surface area contributed by atoms with Crippen LogP contribution >= 0.6 is 0 Å². The summed E-state index contributed by atoms with van der Waals surface area (Å²) < 4.78 is 5.09. The number of aliphatic carboxylic acids is 1. The van der Waals surface area contributed by atoms with E-state index in [9.17, 15) is 14.7 Å². The van der Waals surface area contributed by atoms with Crippen LogP contribution in [0.15, 0.2) is 24.3 Å². The van der Waals surface area contributed by atoms with Gasteiger partial charge in [0.1, 0.15) is 0 Å². The van der Waals surface area contributed by atoms with Crippen LogP contribution in [0, 0.1) is 0 Å². The topological polar surface area (TPSA) is 87.7 Å². The van der Waals surface area contributed by atoms with E-state index in [4.69, 9.17) is 4.74 Å². The van der Waals surface area contributed by atoms with Gasteiger partial charge in [0.25, 0.3) is 0 Å². The average Bonchev–Trinajstić information content (AvgIpc) is 2.95.